The van der Waals surface area contributed by atoms with Gasteiger partial charge in [-0.05, 0) is 24.3 Å². The Balaban J connectivity index is 2.24. The fourth-order valence-corrected chi connectivity index (χ4v) is 1.36. The summed E-state index contributed by atoms with van der Waals surface area (Å²) in [6, 6.07) is 8.26. The first-order valence-electron chi connectivity index (χ1n) is 6.26. The van der Waals surface area contributed by atoms with E-state index in [0.717, 1.165) is 0 Å². The van der Waals surface area contributed by atoms with Crippen molar-refractivity contribution in [2.24, 2.45) is 0 Å². The van der Waals surface area contributed by atoms with Gasteiger partial charge in [-0.2, -0.15) is 5.26 Å². The third-order valence-corrected chi connectivity index (χ3v) is 2.42. The van der Waals surface area contributed by atoms with Crippen LogP contribution >= 0.6 is 0 Å². The molecule has 0 radical (unpaired) electrons. The van der Waals surface area contributed by atoms with Crippen molar-refractivity contribution < 1.29 is 23.9 Å². The van der Waals surface area contributed by atoms with E-state index in [-0.39, 0.29) is 19.8 Å². The summed E-state index contributed by atoms with van der Waals surface area (Å²) in [4.78, 5) is 33.6. The maximum Gasteiger partial charge on any atom is 0.325 e. The number of nitriles is 1. The number of hydrogen-bond donors (Lipinski definition) is 2. The van der Waals surface area contributed by atoms with E-state index in [0.29, 0.717) is 11.3 Å². The lowest BCUT2D eigenvalue weighted by atomic mass is 10.2. The van der Waals surface area contributed by atoms with E-state index in [4.69, 9.17) is 10.00 Å². The highest BCUT2D eigenvalue weighted by Crippen LogP contribution is 2.08. The van der Waals surface area contributed by atoms with Crippen molar-refractivity contribution in [3.63, 3.8) is 0 Å². The van der Waals surface area contributed by atoms with Gasteiger partial charge in [0.25, 0.3) is 0 Å². The van der Waals surface area contributed by atoms with Gasteiger partial charge in [0, 0.05) is 5.69 Å². The second kappa shape index (κ2) is 9.10. The molecule has 116 valence electrons. The molecule has 8 nitrogen and oxygen atoms in total. The van der Waals surface area contributed by atoms with Crippen molar-refractivity contribution in [3.8, 4) is 6.07 Å². The van der Waals surface area contributed by atoms with Crippen LogP contribution in [0.1, 0.15) is 5.56 Å². The first kappa shape index (κ1) is 17.1. The van der Waals surface area contributed by atoms with Crippen molar-refractivity contribution in [2.75, 3.05) is 32.2 Å². The van der Waals surface area contributed by atoms with Crippen LogP contribution in [0.5, 0.6) is 0 Å². The Morgan fingerprint density at radius 3 is 2.36 bits per heavy atom. The quantitative estimate of drug-likeness (QED) is 0.674. The first-order chi connectivity index (χ1) is 10.5. The number of benzene rings is 1. The third-order valence-electron chi connectivity index (χ3n) is 2.42. The van der Waals surface area contributed by atoms with Crippen LogP contribution in [0.2, 0.25) is 0 Å². The second-order valence-electron chi connectivity index (χ2n) is 4.08. The molecule has 0 saturated carbocycles. The number of amides is 2. The SMILES string of the molecule is COC(=O)CNC(=O)COCC(=O)Nc1ccc(C#N)cc1. The van der Waals surface area contributed by atoms with Gasteiger partial charge in [0.2, 0.25) is 11.8 Å². The lowest BCUT2D eigenvalue weighted by Crippen LogP contribution is -2.33. The highest BCUT2D eigenvalue weighted by Gasteiger charge is 2.07. The van der Waals surface area contributed by atoms with Crippen molar-refractivity contribution in [1.82, 2.24) is 5.32 Å². The van der Waals surface area contributed by atoms with E-state index in [2.05, 4.69) is 15.4 Å². The predicted octanol–water partition coefficient (Wildman–Crippen LogP) is -0.197. The number of ether oxygens (including phenoxy) is 2. The molecule has 0 unspecified atom stereocenters. The Kier molecular flexibility index (Phi) is 7.08. The maximum atomic E-state index is 11.6. The van der Waals surface area contributed by atoms with Crippen LogP contribution in [-0.2, 0) is 23.9 Å². The summed E-state index contributed by atoms with van der Waals surface area (Å²) in [5, 5.41) is 13.5. The number of hydrogen-bond acceptors (Lipinski definition) is 6. The highest BCUT2D eigenvalue weighted by molar-refractivity contribution is 5.92. The van der Waals surface area contributed by atoms with Gasteiger partial charge in [-0.3, -0.25) is 14.4 Å². The van der Waals surface area contributed by atoms with Crippen LogP contribution in [0.4, 0.5) is 5.69 Å². The average Bonchev–Trinajstić information content (AvgIpc) is 2.53. The minimum absolute atomic E-state index is 0.254. The molecular weight excluding hydrogens is 290 g/mol. The molecule has 1 aromatic rings. The summed E-state index contributed by atoms with van der Waals surface area (Å²) in [6.45, 7) is -0.917. The van der Waals surface area contributed by atoms with Crippen molar-refractivity contribution in [2.45, 2.75) is 0 Å². The maximum absolute atomic E-state index is 11.6. The number of nitrogens with one attached hydrogen (secondary N) is 2. The van der Waals surface area contributed by atoms with Gasteiger partial charge in [0.15, 0.2) is 0 Å². The molecule has 0 aromatic heterocycles. The van der Waals surface area contributed by atoms with Gasteiger partial charge in [-0.15, -0.1) is 0 Å². The smallest absolute Gasteiger partial charge is 0.325 e. The first-order valence-corrected chi connectivity index (χ1v) is 6.26. The molecule has 0 aliphatic carbocycles. The van der Waals surface area contributed by atoms with E-state index in [1.807, 2.05) is 6.07 Å². The topological polar surface area (TPSA) is 118 Å². The largest absolute Gasteiger partial charge is 0.468 e. The number of methoxy groups -OCH3 is 1. The van der Waals surface area contributed by atoms with Crippen LogP contribution in [0, 0.1) is 11.3 Å². The predicted molar refractivity (Wildman–Crippen MR) is 75.6 cm³/mol. The molecule has 0 aliphatic heterocycles. The fourth-order valence-electron chi connectivity index (χ4n) is 1.36. The van der Waals surface area contributed by atoms with Gasteiger partial charge in [-0.25, -0.2) is 0 Å². The summed E-state index contributed by atoms with van der Waals surface area (Å²) in [7, 11) is 1.21. The van der Waals surface area contributed by atoms with Crippen molar-refractivity contribution >= 4 is 23.5 Å². The lowest BCUT2D eigenvalue weighted by Gasteiger charge is -2.07. The Hall–Kier alpha value is -2.92. The van der Waals surface area contributed by atoms with Crippen molar-refractivity contribution in [1.29, 1.82) is 5.26 Å². The number of rotatable bonds is 7. The summed E-state index contributed by atoms with van der Waals surface area (Å²) < 4.78 is 9.26. The zero-order valence-electron chi connectivity index (χ0n) is 11.9. The lowest BCUT2D eigenvalue weighted by molar-refractivity contribution is -0.142. The normalized spacial score (nSPS) is 9.45. The van der Waals surface area contributed by atoms with Crippen LogP contribution in [0.15, 0.2) is 24.3 Å². The zero-order valence-corrected chi connectivity index (χ0v) is 11.9. The third kappa shape index (κ3) is 6.49. The minimum Gasteiger partial charge on any atom is -0.468 e. The number of carbonyl (C=O) groups excluding carboxylic acids is 3. The van der Waals surface area contributed by atoms with Crippen molar-refractivity contribution in [3.05, 3.63) is 29.8 Å². The van der Waals surface area contributed by atoms with E-state index in [1.54, 1.807) is 24.3 Å². The van der Waals surface area contributed by atoms with E-state index >= 15 is 0 Å². The number of carbonyl (C=O) groups is 3. The number of anilines is 1. The highest BCUT2D eigenvalue weighted by atomic mass is 16.5. The van der Waals surface area contributed by atoms with E-state index in [1.165, 1.54) is 7.11 Å². The fraction of sp³-hybridized carbons (Fsp3) is 0.286. The summed E-state index contributed by atoms with van der Waals surface area (Å²) in [6.07, 6.45) is 0. The molecule has 0 fully saturated rings. The molecule has 0 spiro atoms. The molecule has 0 aliphatic rings. The Labute approximate surface area is 127 Å². The zero-order chi connectivity index (χ0) is 16.4. The van der Waals surface area contributed by atoms with E-state index in [9.17, 15) is 14.4 Å². The van der Waals surface area contributed by atoms with Crippen LogP contribution in [0.25, 0.3) is 0 Å². The van der Waals surface area contributed by atoms with Gasteiger partial charge in [0.1, 0.15) is 19.8 Å². The standard InChI is InChI=1S/C14H15N3O5/c1-21-14(20)7-16-12(18)8-22-9-13(19)17-11-4-2-10(6-15)3-5-11/h2-5H,7-9H2,1H3,(H,16,18)(H,17,19). The Morgan fingerprint density at radius 1 is 1.14 bits per heavy atom. The van der Waals surface area contributed by atoms with Crippen LogP contribution in [-0.4, -0.2) is 44.7 Å². The average molecular weight is 305 g/mol. The summed E-state index contributed by atoms with van der Waals surface area (Å²) >= 11 is 0. The molecule has 2 N–H and O–H groups in total. The number of nitrogens with zero attached hydrogens (tertiary/aromatic N) is 1. The molecule has 2 amide bonds. The molecule has 1 aromatic carbocycles. The molecule has 0 atom stereocenters. The summed E-state index contributed by atoms with van der Waals surface area (Å²) in [5.74, 6) is -1.55. The van der Waals surface area contributed by atoms with Gasteiger partial charge < -0.3 is 20.1 Å². The van der Waals surface area contributed by atoms with E-state index < -0.39 is 17.8 Å². The summed E-state index contributed by atoms with van der Waals surface area (Å²) in [5.41, 5.74) is 0.999. The Bertz CT molecular complexity index is 577. The molecule has 0 bridgehead atoms. The van der Waals surface area contributed by atoms with Crippen LogP contribution < -0.4 is 10.6 Å². The molecular formula is C14H15N3O5. The van der Waals surface area contributed by atoms with Gasteiger partial charge >= 0.3 is 5.97 Å². The van der Waals surface area contributed by atoms with Gasteiger partial charge in [0.05, 0.1) is 18.7 Å². The monoisotopic (exact) mass is 305 g/mol. The second-order valence-corrected chi connectivity index (χ2v) is 4.08. The molecule has 0 saturated heterocycles. The molecule has 8 heteroatoms. The molecule has 22 heavy (non-hydrogen) atoms. The van der Waals surface area contributed by atoms with Crippen LogP contribution in [0.3, 0.4) is 0 Å². The molecule has 1 rings (SSSR count). The molecule has 0 heterocycles. The Morgan fingerprint density at radius 2 is 1.77 bits per heavy atom. The number of esters is 1. The minimum atomic E-state index is -0.577. The van der Waals surface area contributed by atoms with Gasteiger partial charge in [-0.1, -0.05) is 0 Å².